The Morgan fingerprint density at radius 3 is 2.58 bits per heavy atom. The monoisotopic (exact) mass is 362 g/mol. The van der Waals surface area contributed by atoms with Crippen LogP contribution in [0.3, 0.4) is 0 Å². The van der Waals surface area contributed by atoms with Crippen LogP contribution < -0.4 is 10.1 Å². The molecule has 1 aromatic rings. The number of nitrogens with zero attached hydrogens (tertiary/aromatic N) is 1. The molecule has 2 rings (SSSR count). The van der Waals surface area contributed by atoms with Crippen LogP contribution in [-0.2, 0) is 14.4 Å². The Labute approximate surface area is 153 Å². The van der Waals surface area contributed by atoms with Gasteiger partial charge in [-0.1, -0.05) is 25.5 Å². The molecule has 7 nitrogen and oxygen atoms in total. The van der Waals surface area contributed by atoms with E-state index in [9.17, 15) is 14.4 Å². The molecular formula is C19H26N2O5. The summed E-state index contributed by atoms with van der Waals surface area (Å²) in [6.45, 7) is 2.72. The molecule has 1 aliphatic rings. The van der Waals surface area contributed by atoms with Crippen LogP contribution in [0.25, 0.3) is 0 Å². The van der Waals surface area contributed by atoms with Gasteiger partial charge in [0.15, 0.2) is 0 Å². The highest BCUT2D eigenvalue weighted by molar-refractivity contribution is 5.90. The van der Waals surface area contributed by atoms with Crippen molar-refractivity contribution in [3.8, 4) is 5.75 Å². The number of methoxy groups -OCH3 is 1. The molecule has 0 saturated carbocycles. The highest BCUT2D eigenvalue weighted by atomic mass is 16.5. The first-order chi connectivity index (χ1) is 12.5. The molecule has 2 atom stereocenters. The van der Waals surface area contributed by atoms with Crippen molar-refractivity contribution in [2.75, 3.05) is 20.2 Å². The van der Waals surface area contributed by atoms with Crippen molar-refractivity contribution >= 4 is 17.8 Å². The van der Waals surface area contributed by atoms with Gasteiger partial charge >= 0.3 is 5.97 Å². The molecule has 2 amide bonds. The largest absolute Gasteiger partial charge is 0.497 e. The molecule has 1 aromatic carbocycles. The third-order valence-electron chi connectivity index (χ3n) is 4.62. The Bertz CT molecular complexity index is 644. The molecule has 1 heterocycles. The quantitative estimate of drug-likeness (QED) is 0.700. The molecule has 1 aliphatic heterocycles. The minimum Gasteiger partial charge on any atom is -0.497 e. The minimum absolute atomic E-state index is 0.0438. The number of benzene rings is 1. The van der Waals surface area contributed by atoms with Crippen molar-refractivity contribution in [1.29, 1.82) is 0 Å². The van der Waals surface area contributed by atoms with Gasteiger partial charge in [-0.2, -0.15) is 0 Å². The van der Waals surface area contributed by atoms with Crippen LogP contribution in [0.1, 0.15) is 44.2 Å². The Morgan fingerprint density at radius 2 is 2.00 bits per heavy atom. The van der Waals surface area contributed by atoms with E-state index >= 15 is 0 Å². The predicted molar refractivity (Wildman–Crippen MR) is 95.7 cm³/mol. The highest BCUT2D eigenvalue weighted by Crippen LogP contribution is 2.39. The van der Waals surface area contributed by atoms with Gasteiger partial charge in [0.2, 0.25) is 11.8 Å². The number of amides is 2. The Hall–Kier alpha value is -2.57. The molecule has 7 heteroatoms. The molecule has 0 aliphatic carbocycles. The standard InChI is InChI=1S/C19H26N2O5/c1-3-4-11-21-16(22)12-15(19(25)20-10-9-17(23)24)18(21)13-5-7-14(26-2)8-6-13/h5-8,15,18H,3-4,9-12H2,1-2H3,(H,20,25)(H,23,24). The van der Waals surface area contributed by atoms with Gasteiger partial charge in [-0.05, 0) is 24.1 Å². The van der Waals surface area contributed by atoms with E-state index in [2.05, 4.69) is 12.2 Å². The van der Waals surface area contributed by atoms with Crippen LogP contribution in [-0.4, -0.2) is 48.0 Å². The van der Waals surface area contributed by atoms with Crippen LogP contribution in [0.15, 0.2) is 24.3 Å². The number of carboxylic acid groups (broad SMARTS) is 1. The van der Waals surface area contributed by atoms with E-state index in [-0.39, 0.29) is 37.2 Å². The molecular weight excluding hydrogens is 336 g/mol. The van der Waals surface area contributed by atoms with Crippen molar-refractivity contribution in [2.24, 2.45) is 5.92 Å². The van der Waals surface area contributed by atoms with Gasteiger partial charge in [-0.25, -0.2) is 0 Å². The van der Waals surface area contributed by atoms with E-state index in [4.69, 9.17) is 9.84 Å². The van der Waals surface area contributed by atoms with Gasteiger partial charge < -0.3 is 20.1 Å². The molecule has 2 unspecified atom stereocenters. The third kappa shape index (κ3) is 4.74. The number of ether oxygens (including phenoxy) is 1. The third-order valence-corrected chi connectivity index (χ3v) is 4.62. The lowest BCUT2D eigenvalue weighted by Crippen LogP contribution is -2.36. The topological polar surface area (TPSA) is 95.9 Å². The summed E-state index contributed by atoms with van der Waals surface area (Å²) < 4.78 is 5.18. The van der Waals surface area contributed by atoms with E-state index < -0.39 is 11.9 Å². The second-order valence-electron chi connectivity index (χ2n) is 6.40. The number of hydrogen-bond acceptors (Lipinski definition) is 4. The van der Waals surface area contributed by atoms with E-state index in [0.717, 1.165) is 18.4 Å². The summed E-state index contributed by atoms with van der Waals surface area (Å²) in [4.78, 5) is 37.5. The molecule has 1 saturated heterocycles. The van der Waals surface area contributed by atoms with Crippen LogP contribution in [0.5, 0.6) is 5.75 Å². The van der Waals surface area contributed by atoms with Gasteiger partial charge in [0.1, 0.15) is 5.75 Å². The van der Waals surface area contributed by atoms with E-state index in [0.29, 0.717) is 12.3 Å². The predicted octanol–water partition coefficient (Wildman–Crippen LogP) is 1.98. The van der Waals surface area contributed by atoms with Crippen molar-refractivity contribution in [2.45, 2.75) is 38.6 Å². The molecule has 1 fully saturated rings. The maximum atomic E-state index is 12.6. The van der Waals surface area contributed by atoms with Crippen LogP contribution >= 0.6 is 0 Å². The van der Waals surface area contributed by atoms with Gasteiger partial charge in [-0.15, -0.1) is 0 Å². The minimum atomic E-state index is -0.968. The summed E-state index contributed by atoms with van der Waals surface area (Å²) in [6, 6.07) is 7.03. The van der Waals surface area contributed by atoms with Crippen molar-refractivity contribution in [3.05, 3.63) is 29.8 Å². The fourth-order valence-corrected chi connectivity index (χ4v) is 3.25. The smallest absolute Gasteiger partial charge is 0.305 e. The lowest BCUT2D eigenvalue weighted by atomic mass is 9.92. The maximum Gasteiger partial charge on any atom is 0.305 e. The highest BCUT2D eigenvalue weighted by Gasteiger charge is 2.44. The molecule has 0 aromatic heterocycles. The molecule has 142 valence electrons. The summed E-state index contributed by atoms with van der Waals surface area (Å²) >= 11 is 0. The molecule has 2 N–H and O–H groups in total. The van der Waals surface area contributed by atoms with Crippen LogP contribution in [0.4, 0.5) is 0 Å². The number of unbranched alkanes of at least 4 members (excludes halogenated alkanes) is 1. The molecule has 0 spiro atoms. The summed E-state index contributed by atoms with van der Waals surface area (Å²) in [6.07, 6.45) is 1.82. The van der Waals surface area contributed by atoms with Crippen molar-refractivity contribution in [1.82, 2.24) is 10.2 Å². The summed E-state index contributed by atoms with van der Waals surface area (Å²) in [7, 11) is 1.58. The summed E-state index contributed by atoms with van der Waals surface area (Å²) in [5.41, 5.74) is 0.881. The molecule has 26 heavy (non-hydrogen) atoms. The zero-order valence-corrected chi connectivity index (χ0v) is 15.2. The number of carbonyl (C=O) groups is 3. The summed E-state index contributed by atoms with van der Waals surface area (Å²) in [5.74, 6) is -1.11. The second kappa shape index (κ2) is 9.22. The summed E-state index contributed by atoms with van der Waals surface area (Å²) in [5, 5.41) is 11.4. The van der Waals surface area contributed by atoms with E-state index in [1.165, 1.54) is 0 Å². The normalized spacial score (nSPS) is 19.5. The van der Waals surface area contributed by atoms with Crippen LogP contribution in [0.2, 0.25) is 0 Å². The number of carbonyl (C=O) groups excluding carboxylic acids is 2. The van der Waals surface area contributed by atoms with Crippen molar-refractivity contribution < 1.29 is 24.2 Å². The average Bonchev–Trinajstić information content (AvgIpc) is 2.96. The molecule has 0 bridgehead atoms. The number of likely N-dealkylation sites (tertiary alicyclic amines) is 1. The van der Waals surface area contributed by atoms with E-state index in [1.807, 2.05) is 24.3 Å². The number of rotatable bonds is 9. The first-order valence-electron chi connectivity index (χ1n) is 8.90. The fourth-order valence-electron chi connectivity index (χ4n) is 3.25. The van der Waals surface area contributed by atoms with Crippen molar-refractivity contribution in [3.63, 3.8) is 0 Å². The van der Waals surface area contributed by atoms with Gasteiger partial charge in [0.25, 0.3) is 0 Å². The number of nitrogens with one attached hydrogen (secondary N) is 1. The number of aliphatic carboxylic acids is 1. The Balaban J connectivity index is 2.21. The average molecular weight is 362 g/mol. The van der Waals surface area contributed by atoms with Gasteiger partial charge in [0.05, 0.1) is 25.5 Å². The molecule has 0 radical (unpaired) electrons. The fraction of sp³-hybridized carbons (Fsp3) is 0.526. The Morgan fingerprint density at radius 1 is 1.31 bits per heavy atom. The first kappa shape index (κ1) is 19.8. The SMILES string of the molecule is CCCCN1C(=O)CC(C(=O)NCCC(=O)O)C1c1ccc(OC)cc1. The Kier molecular flexibility index (Phi) is 7.00. The maximum absolute atomic E-state index is 12.6. The first-order valence-corrected chi connectivity index (χ1v) is 8.90. The lowest BCUT2D eigenvalue weighted by molar-refractivity contribution is -0.137. The van der Waals surface area contributed by atoms with Gasteiger partial charge in [0, 0.05) is 19.5 Å². The van der Waals surface area contributed by atoms with Crippen LogP contribution in [0, 0.1) is 5.92 Å². The lowest BCUT2D eigenvalue weighted by Gasteiger charge is -2.28. The zero-order chi connectivity index (χ0) is 19.1. The van der Waals surface area contributed by atoms with Gasteiger partial charge in [-0.3, -0.25) is 14.4 Å². The number of hydrogen-bond donors (Lipinski definition) is 2. The number of carboxylic acids is 1. The zero-order valence-electron chi connectivity index (χ0n) is 15.2. The second-order valence-corrected chi connectivity index (χ2v) is 6.40. The van der Waals surface area contributed by atoms with E-state index in [1.54, 1.807) is 12.0 Å².